The van der Waals surface area contributed by atoms with Crippen molar-refractivity contribution in [3.8, 4) is 11.4 Å². The third kappa shape index (κ3) is 3.45. The van der Waals surface area contributed by atoms with Crippen molar-refractivity contribution in [3.05, 3.63) is 71.1 Å². The van der Waals surface area contributed by atoms with Gasteiger partial charge in [-0.3, -0.25) is 4.79 Å². The fraction of sp³-hybridized carbons (Fsp3) is 0.250. The number of hydrogen-bond donors (Lipinski definition) is 0. The maximum atomic E-state index is 13.5. The van der Waals surface area contributed by atoms with E-state index in [1.807, 2.05) is 31.2 Å². The van der Waals surface area contributed by atoms with Crippen LogP contribution in [-0.4, -0.2) is 20.9 Å². The fourth-order valence-electron chi connectivity index (χ4n) is 3.39. The van der Waals surface area contributed by atoms with Crippen LogP contribution in [0.2, 0.25) is 0 Å². The van der Waals surface area contributed by atoms with Crippen LogP contribution in [0.5, 0.6) is 0 Å². The molecule has 4 rings (SSSR count). The van der Waals surface area contributed by atoms with E-state index in [4.69, 9.17) is 4.52 Å². The first kappa shape index (κ1) is 17.3. The summed E-state index contributed by atoms with van der Waals surface area (Å²) in [6.45, 7) is 2.04. The minimum absolute atomic E-state index is 0.0836. The predicted octanol–water partition coefficient (Wildman–Crippen LogP) is 4.19. The minimum Gasteiger partial charge on any atom is -0.337 e. The molecule has 138 valence electrons. The highest BCUT2D eigenvalue weighted by molar-refractivity contribution is 5.78. The second kappa shape index (κ2) is 6.90. The Morgan fingerprint density at radius 3 is 2.67 bits per heavy atom. The van der Waals surface area contributed by atoms with E-state index in [-0.39, 0.29) is 12.5 Å². The van der Waals surface area contributed by atoms with Gasteiger partial charge in [0.25, 0.3) is 0 Å². The topological polar surface area (TPSA) is 59.2 Å². The van der Waals surface area contributed by atoms with Gasteiger partial charge in [-0.1, -0.05) is 29.4 Å². The maximum absolute atomic E-state index is 13.5. The van der Waals surface area contributed by atoms with E-state index < -0.39 is 17.7 Å². The SMILES string of the molecule is Cc1ccccc1-c1noc(C2CCC(=O)N2Cc2cc(F)cc(F)c2)n1. The smallest absolute Gasteiger partial charge is 0.249 e. The molecule has 0 spiro atoms. The van der Waals surface area contributed by atoms with Gasteiger partial charge in [0.2, 0.25) is 17.6 Å². The second-order valence-corrected chi connectivity index (χ2v) is 6.62. The van der Waals surface area contributed by atoms with E-state index in [9.17, 15) is 13.6 Å². The van der Waals surface area contributed by atoms with Crippen LogP contribution in [0.25, 0.3) is 11.4 Å². The highest BCUT2D eigenvalue weighted by atomic mass is 19.1. The normalized spacial score (nSPS) is 16.9. The third-order valence-corrected chi connectivity index (χ3v) is 4.72. The fourth-order valence-corrected chi connectivity index (χ4v) is 3.39. The Balaban J connectivity index is 1.61. The van der Waals surface area contributed by atoms with Crippen LogP contribution in [0.15, 0.2) is 47.0 Å². The molecule has 0 bridgehead atoms. The van der Waals surface area contributed by atoms with Gasteiger partial charge in [0.1, 0.15) is 17.7 Å². The highest BCUT2D eigenvalue weighted by Crippen LogP contribution is 2.34. The molecule has 1 unspecified atom stereocenters. The van der Waals surface area contributed by atoms with Crippen molar-refractivity contribution in [3.63, 3.8) is 0 Å². The van der Waals surface area contributed by atoms with Crippen LogP contribution in [0.3, 0.4) is 0 Å². The van der Waals surface area contributed by atoms with Crippen molar-refractivity contribution < 1.29 is 18.1 Å². The molecule has 1 aromatic heterocycles. The summed E-state index contributed by atoms with van der Waals surface area (Å²) in [6.07, 6.45) is 0.844. The number of rotatable bonds is 4. The molecule has 1 amide bonds. The molecule has 0 N–H and O–H groups in total. The molecular weight excluding hydrogens is 352 g/mol. The molecule has 5 nitrogen and oxygen atoms in total. The monoisotopic (exact) mass is 369 g/mol. The Morgan fingerprint density at radius 2 is 1.93 bits per heavy atom. The molecule has 27 heavy (non-hydrogen) atoms. The standard InChI is InChI=1S/C20H17F2N3O2/c1-12-4-2-3-5-16(12)19-23-20(27-24-19)17-6-7-18(26)25(17)11-13-8-14(21)10-15(22)9-13/h2-5,8-10,17H,6-7,11H2,1H3. The molecule has 1 atom stereocenters. The van der Waals surface area contributed by atoms with E-state index in [0.29, 0.717) is 30.1 Å². The van der Waals surface area contributed by atoms with Crippen molar-refractivity contribution in [1.82, 2.24) is 15.0 Å². The van der Waals surface area contributed by atoms with Crippen LogP contribution in [0.1, 0.15) is 35.9 Å². The number of aromatic nitrogens is 2. The average Bonchev–Trinajstić information content (AvgIpc) is 3.22. The Labute approximate surface area is 154 Å². The van der Waals surface area contributed by atoms with Gasteiger partial charge in [-0.2, -0.15) is 4.98 Å². The molecule has 1 aliphatic heterocycles. The number of carbonyl (C=O) groups excluding carboxylic acids is 1. The van der Waals surface area contributed by atoms with E-state index in [1.165, 1.54) is 17.0 Å². The lowest BCUT2D eigenvalue weighted by Gasteiger charge is -2.22. The number of carbonyl (C=O) groups is 1. The summed E-state index contributed by atoms with van der Waals surface area (Å²) in [5.74, 6) is -0.670. The Kier molecular flexibility index (Phi) is 4.43. The average molecular weight is 369 g/mol. The molecule has 1 aliphatic rings. The molecule has 7 heteroatoms. The number of halogens is 2. The summed E-state index contributed by atoms with van der Waals surface area (Å²) in [6, 6.07) is 10.5. The highest BCUT2D eigenvalue weighted by Gasteiger charge is 2.36. The third-order valence-electron chi connectivity index (χ3n) is 4.72. The predicted molar refractivity (Wildman–Crippen MR) is 93.4 cm³/mol. The van der Waals surface area contributed by atoms with Gasteiger partial charge in [0, 0.05) is 24.6 Å². The summed E-state index contributed by atoms with van der Waals surface area (Å²) in [7, 11) is 0. The van der Waals surface area contributed by atoms with E-state index in [0.717, 1.165) is 17.2 Å². The number of likely N-dealkylation sites (tertiary alicyclic amines) is 1. The summed E-state index contributed by atoms with van der Waals surface area (Å²) in [5.41, 5.74) is 2.25. The van der Waals surface area contributed by atoms with Crippen molar-refractivity contribution in [2.45, 2.75) is 32.4 Å². The summed E-state index contributed by atoms with van der Waals surface area (Å²) < 4.78 is 32.3. The lowest BCUT2D eigenvalue weighted by molar-refractivity contribution is -0.130. The van der Waals surface area contributed by atoms with Crippen molar-refractivity contribution in [1.29, 1.82) is 0 Å². The molecule has 0 radical (unpaired) electrons. The molecule has 0 saturated carbocycles. The quantitative estimate of drug-likeness (QED) is 0.692. The Hall–Kier alpha value is -3.09. The van der Waals surface area contributed by atoms with Crippen LogP contribution in [0.4, 0.5) is 8.78 Å². The zero-order valence-electron chi connectivity index (χ0n) is 14.7. The number of benzene rings is 2. The molecule has 3 aromatic rings. The zero-order valence-corrected chi connectivity index (χ0v) is 14.7. The van der Waals surface area contributed by atoms with Crippen LogP contribution in [0, 0.1) is 18.6 Å². The number of amides is 1. The first-order valence-corrected chi connectivity index (χ1v) is 8.65. The first-order chi connectivity index (χ1) is 13.0. The Bertz CT molecular complexity index is 982. The van der Waals surface area contributed by atoms with E-state index >= 15 is 0 Å². The van der Waals surface area contributed by atoms with Gasteiger partial charge in [0.05, 0.1) is 0 Å². The molecule has 1 saturated heterocycles. The first-order valence-electron chi connectivity index (χ1n) is 8.65. The van der Waals surface area contributed by atoms with E-state index in [2.05, 4.69) is 10.1 Å². The van der Waals surface area contributed by atoms with Gasteiger partial charge < -0.3 is 9.42 Å². The van der Waals surface area contributed by atoms with Gasteiger partial charge in [0.15, 0.2) is 0 Å². The summed E-state index contributed by atoms with van der Waals surface area (Å²) >= 11 is 0. The number of hydrogen-bond acceptors (Lipinski definition) is 4. The summed E-state index contributed by atoms with van der Waals surface area (Å²) in [5, 5.41) is 4.04. The lowest BCUT2D eigenvalue weighted by atomic mass is 10.1. The largest absolute Gasteiger partial charge is 0.337 e. The van der Waals surface area contributed by atoms with Crippen molar-refractivity contribution in [2.75, 3.05) is 0 Å². The molecular formula is C20H17F2N3O2. The lowest BCUT2D eigenvalue weighted by Crippen LogP contribution is -2.27. The second-order valence-electron chi connectivity index (χ2n) is 6.62. The van der Waals surface area contributed by atoms with Gasteiger partial charge >= 0.3 is 0 Å². The molecule has 1 fully saturated rings. The van der Waals surface area contributed by atoms with Crippen LogP contribution < -0.4 is 0 Å². The Morgan fingerprint density at radius 1 is 1.19 bits per heavy atom. The zero-order chi connectivity index (χ0) is 19.0. The minimum atomic E-state index is -0.673. The van der Waals surface area contributed by atoms with Crippen molar-refractivity contribution in [2.24, 2.45) is 0 Å². The molecule has 0 aliphatic carbocycles. The van der Waals surface area contributed by atoms with E-state index in [1.54, 1.807) is 0 Å². The van der Waals surface area contributed by atoms with Crippen molar-refractivity contribution >= 4 is 5.91 Å². The van der Waals surface area contributed by atoms with Crippen LogP contribution in [-0.2, 0) is 11.3 Å². The van der Waals surface area contributed by atoms with Gasteiger partial charge in [-0.25, -0.2) is 8.78 Å². The number of aryl methyl sites for hydroxylation is 1. The van der Waals surface area contributed by atoms with Crippen LogP contribution >= 0.6 is 0 Å². The van der Waals surface area contributed by atoms with Gasteiger partial charge in [-0.15, -0.1) is 0 Å². The molecule has 2 aromatic carbocycles. The number of nitrogens with zero attached hydrogens (tertiary/aromatic N) is 3. The molecule has 2 heterocycles. The summed E-state index contributed by atoms with van der Waals surface area (Å²) in [4.78, 5) is 18.3. The maximum Gasteiger partial charge on any atom is 0.249 e. The van der Waals surface area contributed by atoms with Gasteiger partial charge in [-0.05, 0) is 36.6 Å².